The van der Waals surface area contributed by atoms with E-state index in [4.69, 9.17) is 5.73 Å². The highest BCUT2D eigenvalue weighted by Gasteiger charge is 2.40. The van der Waals surface area contributed by atoms with Gasteiger partial charge in [0.15, 0.2) is 9.84 Å². The van der Waals surface area contributed by atoms with Crippen LogP contribution in [0.1, 0.15) is 20.3 Å². The summed E-state index contributed by atoms with van der Waals surface area (Å²) in [6.45, 7) is 5.05. The molecule has 7 nitrogen and oxygen atoms in total. The van der Waals surface area contributed by atoms with Gasteiger partial charge < -0.3 is 15.5 Å². The second-order valence-electron chi connectivity index (χ2n) is 5.14. The van der Waals surface area contributed by atoms with E-state index in [1.165, 1.54) is 4.90 Å². The predicted octanol–water partition coefficient (Wildman–Crippen LogP) is -1.17. The fourth-order valence-corrected chi connectivity index (χ4v) is 3.05. The number of carbonyl (C=O) groups excluding carboxylic acids is 2. The van der Waals surface area contributed by atoms with Crippen LogP contribution in [0.4, 0.5) is 0 Å². The quantitative estimate of drug-likeness (QED) is 0.689. The minimum atomic E-state index is -3.42. The van der Waals surface area contributed by atoms with E-state index < -0.39 is 27.5 Å². The molecule has 0 aromatic heterocycles. The Labute approximate surface area is 120 Å². The molecule has 8 heteroatoms. The minimum absolute atomic E-state index is 0.162. The first-order valence-electron chi connectivity index (χ1n) is 6.71. The van der Waals surface area contributed by atoms with Crippen molar-refractivity contribution in [2.75, 3.05) is 31.6 Å². The first kappa shape index (κ1) is 16.9. The summed E-state index contributed by atoms with van der Waals surface area (Å²) >= 11 is 0. The predicted molar refractivity (Wildman–Crippen MR) is 75.7 cm³/mol. The summed E-state index contributed by atoms with van der Waals surface area (Å²) in [6.07, 6.45) is 1.38. The Morgan fingerprint density at radius 3 is 2.30 bits per heavy atom. The first-order chi connectivity index (χ1) is 9.19. The first-order valence-corrected chi connectivity index (χ1v) is 8.77. The molecule has 116 valence electrons. The highest BCUT2D eigenvalue weighted by molar-refractivity contribution is 7.91. The largest absolute Gasteiger partial charge is 0.341 e. The van der Waals surface area contributed by atoms with Crippen LogP contribution in [0.25, 0.3) is 0 Å². The van der Waals surface area contributed by atoms with E-state index in [0.717, 1.165) is 6.26 Å². The highest BCUT2D eigenvalue weighted by atomic mass is 32.2. The Morgan fingerprint density at radius 1 is 1.30 bits per heavy atom. The molecule has 0 saturated carbocycles. The molecule has 0 aliphatic carbocycles. The maximum absolute atomic E-state index is 12.4. The molecule has 0 bridgehead atoms. The van der Waals surface area contributed by atoms with Gasteiger partial charge in [0.25, 0.3) is 0 Å². The molecule has 2 atom stereocenters. The van der Waals surface area contributed by atoms with Crippen molar-refractivity contribution in [3.05, 3.63) is 0 Å². The van der Waals surface area contributed by atoms with Crippen molar-refractivity contribution in [1.82, 2.24) is 9.80 Å². The van der Waals surface area contributed by atoms with Crippen LogP contribution in [-0.2, 0) is 19.4 Å². The number of likely N-dealkylation sites (N-methyl/N-ethyl adjacent to an activating group) is 1. The number of carbonyl (C=O) groups is 2. The van der Waals surface area contributed by atoms with Crippen LogP contribution in [0, 0.1) is 0 Å². The zero-order valence-electron chi connectivity index (χ0n) is 12.2. The van der Waals surface area contributed by atoms with Gasteiger partial charge in [-0.15, -0.1) is 0 Å². The van der Waals surface area contributed by atoms with Gasteiger partial charge in [-0.25, -0.2) is 8.42 Å². The van der Waals surface area contributed by atoms with Gasteiger partial charge in [0.05, 0.1) is 0 Å². The number of rotatable bonds is 5. The second-order valence-corrected chi connectivity index (χ2v) is 7.28. The molecular formula is C12H23N3O4S. The van der Waals surface area contributed by atoms with Crippen LogP contribution in [0.2, 0.25) is 0 Å². The molecule has 2 N–H and O–H groups in total. The highest BCUT2D eigenvalue weighted by Crippen LogP contribution is 2.19. The van der Waals surface area contributed by atoms with E-state index in [-0.39, 0.29) is 18.5 Å². The zero-order chi connectivity index (χ0) is 15.5. The van der Waals surface area contributed by atoms with Gasteiger partial charge in [0.2, 0.25) is 11.8 Å². The summed E-state index contributed by atoms with van der Waals surface area (Å²) < 4.78 is 22.5. The van der Waals surface area contributed by atoms with Gasteiger partial charge in [0.1, 0.15) is 11.8 Å². The average molecular weight is 305 g/mol. The number of nitrogens with zero attached hydrogens (tertiary/aromatic N) is 2. The standard InChI is InChI=1S/C12H23N3O4S/c1-4-14(5-2)12(17)10-6-9(13)7-15(10)11(16)8-20(3,18)19/h9-10H,4-8,13H2,1-3H3/t9-,10-/m0/s1. The molecule has 1 aliphatic rings. The number of nitrogens with two attached hydrogens (primary N) is 1. The Morgan fingerprint density at radius 2 is 1.85 bits per heavy atom. The van der Waals surface area contributed by atoms with E-state index in [1.54, 1.807) is 4.90 Å². The fourth-order valence-electron chi connectivity index (χ4n) is 2.43. The van der Waals surface area contributed by atoms with E-state index >= 15 is 0 Å². The van der Waals surface area contributed by atoms with Crippen molar-refractivity contribution in [3.63, 3.8) is 0 Å². The lowest BCUT2D eigenvalue weighted by Gasteiger charge is -2.28. The fraction of sp³-hybridized carbons (Fsp3) is 0.833. The van der Waals surface area contributed by atoms with E-state index in [9.17, 15) is 18.0 Å². The van der Waals surface area contributed by atoms with Gasteiger partial charge in [0, 0.05) is 31.9 Å². The normalized spacial score (nSPS) is 22.9. The van der Waals surface area contributed by atoms with E-state index in [0.29, 0.717) is 19.5 Å². The van der Waals surface area contributed by atoms with Gasteiger partial charge in [-0.2, -0.15) is 0 Å². The van der Waals surface area contributed by atoms with Gasteiger partial charge in [-0.1, -0.05) is 0 Å². The van der Waals surface area contributed by atoms with Crippen molar-refractivity contribution in [2.45, 2.75) is 32.4 Å². The van der Waals surface area contributed by atoms with Gasteiger partial charge in [-0.3, -0.25) is 9.59 Å². The molecule has 1 fully saturated rings. The van der Waals surface area contributed by atoms with Gasteiger partial charge in [-0.05, 0) is 20.3 Å². The van der Waals surface area contributed by atoms with E-state index in [1.807, 2.05) is 13.8 Å². The number of likely N-dealkylation sites (tertiary alicyclic amines) is 1. The maximum Gasteiger partial charge on any atom is 0.245 e. The summed E-state index contributed by atoms with van der Waals surface area (Å²) in [6, 6.07) is -0.929. The third kappa shape index (κ3) is 4.17. The smallest absolute Gasteiger partial charge is 0.245 e. The van der Waals surface area contributed by atoms with Crippen molar-refractivity contribution < 1.29 is 18.0 Å². The zero-order valence-corrected chi connectivity index (χ0v) is 13.0. The van der Waals surface area contributed by atoms with E-state index in [2.05, 4.69) is 0 Å². The molecule has 1 aliphatic heterocycles. The summed E-state index contributed by atoms with van der Waals surface area (Å²) in [4.78, 5) is 27.3. The number of sulfone groups is 1. The lowest BCUT2D eigenvalue weighted by molar-refractivity contribution is -0.142. The van der Waals surface area contributed by atoms with Crippen LogP contribution in [0.5, 0.6) is 0 Å². The van der Waals surface area contributed by atoms with Crippen LogP contribution in [-0.4, -0.2) is 73.8 Å². The van der Waals surface area contributed by atoms with Gasteiger partial charge >= 0.3 is 0 Å². The third-order valence-electron chi connectivity index (χ3n) is 3.40. The summed E-state index contributed by atoms with van der Waals surface area (Å²) in [7, 11) is -3.42. The third-order valence-corrected chi connectivity index (χ3v) is 4.17. The molecule has 2 amide bonds. The van der Waals surface area contributed by atoms with Crippen molar-refractivity contribution in [2.24, 2.45) is 5.73 Å². The Hall–Kier alpha value is -1.15. The Balaban J connectivity index is 2.88. The molecule has 0 aromatic rings. The second kappa shape index (κ2) is 6.53. The number of hydrogen-bond acceptors (Lipinski definition) is 5. The van der Waals surface area contributed by atoms with Crippen molar-refractivity contribution in [3.8, 4) is 0 Å². The Kier molecular flexibility index (Phi) is 5.52. The van der Waals surface area contributed by atoms with Crippen LogP contribution >= 0.6 is 0 Å². The van der Waals surface area contributed by atoms with Crippen molar-refractivity contribution in [1.29, 1.82) is 0 Å². The summed E-state index contributed by atoms with van der Waals surface area (Å²) in [5.74, 6) is -1.29. The Bertz CT molecular complexity index is 473. The molecule has 0 unspecified atom stereocenters. The topological polar surface area (TPSA) is 101 Å². The minimum Gasteiger partial charge on any atom is -0.341 e. The van der Waals surface area contributed by atoms with Crippen molar-refractivity contribution >= 4 is 21.7 Å². The lowest BCUT2D eigenvalue weighted by atomic mass is 10.1. The van der Waals surface area contributed by atoms with Crippen LogP contribution in [0.15, 0.2) is 0 Å². The summed E-state index contributed by atoms with van der Waals surface area (Å²) in [5.41, 5.74) is 5.82. The molecule has 1 rings (SSSR count). The lowest BCUT2D eigenvalue weighted by Crippen LogP contribution is -2.49. The molecule has 0 aromatic carbocycles. The molecule has 1 saturated heterocycles. The molecule has 20 heavy (non-hydrogen) atoms. The maximum atomic E-state index is 12.4. The molecule has 0 radical (unpaired) electrons. The number of hydrogen-bond donors (Lipinski definition) is 1. The average Bonchev–Trinajstić information content (AvgIpc) is 2.70. The summed E-state index contributed by atoms with van der Waals surface area (Å²) in [5, 5.41) is 0. The number of amides is 2. The molecule has 0 spiro atoms. The SMILES string of the molecule is CCN(CC)C(=O)[C@@H]1C[C@H](N)CN1C(=O)CS(C)(=O)=O. The molecule has 1 heterocycles. The molecular weight excluding hydrogens is 282 g/mol. The van der Waals surface area contributed by atoms with Crippen LogP contribution in [0.3, 0.4) is 0 Å². The van der Waals surface area contributed by atoms with Crippen LogP contribution < -0.4 is 5.73 Å². The monoisotopic (exact) mass is 305 g/mol.